The molecule has 1 aliphatic heterocycles. The van der Waals surface area contributed by atoms with Crippen molar-refractivity contribution < 1.29 is 13.5 Å². The minimum atomic E-state index is -0.439. The molecule has 0 unspecified atom stereocenters. The molecule has 0 saturated carbocycles. The summed E-state index contributed by atoms with van der Waals surface area (Å²) < 4.78 is 33.6. The van der Waals surface area contributed by atoms with Gasteiger partial charge in [-0.15, -0.1) is 0 Å². The van der Waals surface area contributed by atoms with Gasteiger partial charge in [-0.25, -0.2) is 13.8 Å². The molecular formula is C20H19BrF2N4O. The fourth-order valence-electron chi connectivity index (χ4n) is 2.62. The number of fused-ring (bicyclic) bond motifs is 1. The highest BCUT2D eigenvalue weighted by atomic mass is 79.9. The van der Waals surface area contributed by atoms with Crippen molar-refractivity contribution in [3.05, 3.63) is 65.2 Å². The molecule has 0 atom stereocenters. The van der Waals surface area contributed by atoms with Crippen LogP contribution in [0.5, 0.6) is 0 Å². The third-order valence-corrected chi connectivity index (χ3v) is 4.60. The molecule has 0 fully saturated rings. The van der Waals surface area contributed by atoms with Crippen molar-refractivity contribution in [3.8, 4) is 0 Å². The predicted molar refractivity (Wildman–Crippen MR) is 111 cm³/mol. The summed E-state index contributed by atoms with van der Waals surface area (Å²) in [5.41, 5.74) is 5.23. The van der Waals surface area contributed by atoms with Crippen molar-refractivity contribution in [1.82, 2.24) is 5.43 Å². The quantitative estimate of drug-likeness (QED) is 0.408. The minimum absolute atomic E-state index is 0.146. The number of amidine groups is 1. The molecule has 2 aromatic rings. The van der Waals surface area contributed by atoms with E-state index in [4.69, 9.17) is 4.74 Å². The highest BCUT2D eigenvalue weighted by Crippen LogP contribution is 2.27. The fourth-order valence-corrected chi connectivity index (χ4v) is 2.91. The average molecular weight is 449 g/mol. The average Bonchev–Trinajstić information content (AvgIpc) is 2.88. The molecule has 0 radical (unpaired) electrons. The largest absolute Gasteiger partial charge is 0.376 e. The molecular weight excluding hydrogens is 430 g/mol. The molecule has 146 valence electrons. The number of alkyl halides is 1. The van der Waals surface area contributed by atoms with Gasteiger partial charge < -0.3 is 4.74 Å². The Morgan fingerprint density at radius 1 is 1.21 bits per heavy atom. The third kappa shape index (κ3) is 4.88. The standard InChI is InChI=1S/C20H19BrF2N4O/c1-2-28-12-14(10-21)26-27-19-11-24-20(15-5-3-4-6-17(15)23)16-9-13(22)7-8-18(16)25-19/h3-9H,2,10-12H2,1H3,(H,25,27)/b26-14-. The Bertz CT molecular complexity index is 944. The van der Waals surface area contributed by atoms with Crippen molar-refractivity contribution >= 4 is 38.9 Å². The predicted octanol–water partition coefficient (Wildman–Crippen LogP) is 4.22. The van der Waals surface area contributed by atoms with Crippen LogP contribution in [0.4, 0.5) is 14.5 Å². The lowest BCUT2D eigenvalue weighted by Crippen LogP contribution is -2.24. The monoisotopic (exact) mass is 448 g/mol. The van der Waals surface area contributed by atoms with Crippen molar-refractivity contribution in [1.29, 1.82) is 0 Å². The van der Waals surface area contributed by atoms with Crippen LogP contribution in [0.15, 0.2) is 57.6 Å². The summed E-state index contributed by atoms with van der Waals surface area (Å²) in [6.07, 6.45) is 0. The zero-order valence-corrected chi connectivity index (χ0v) is 16.8. The fraction of sp³-hybridized carbons (Fsp3) is 0.250. The molecule has 0 saturated heterocycles. The molecule has 2 aromatic carbocycles. The molecule has 1 heterocycles. The van der Waals surface area contributed by atoms with E-state index in [9.17, 15) is 8.78 Å². The number of halogens is 3. The number of nitrogens with zero attached hydrogens (tertiary/aromatic N) is 3. The van der Waals surface area contributed by atoms with Crippen LogP contribution in [0.2, 0.25) is 0 Å². The van der Waals surface area contributed by atoms with Crippen LogP contribution < -0.4 is 5.43 Å². The summed E-state index contributed by atoms with van der Waals surface area (Å²) >= 11 is 3.37. The van der Waals surface area contributed by atoms with E-state index in [0.29, 0.717) is 46.9 Å². The van der Waals surface area contributed by atoms with E-state index in [1.54, 1.807) is 24.3 Å². The first-order valence-corrected chi connectivity index (χ1v) is 9.86. The number of hydrogen-bond donors (Lipinski definition) is 1. The minimum Gasteiger partial charge on any atom is -0.376 e. The number of ether oxygens (including phenoxy) is 1. The van der Waals surface area contributed by atoms with Crippen molar-refractivity contribution in [2.45, 2.75) is 6.92 Å². The topological polar surface area (TPSA) is 58.3 Å². The van der Waals surface area contributed by atoms with Gasteiger partial charge in [-0.1, -0.05) is 28.1 Å². The van der Waals surface area contributed by atoms with Crippen LogP contribution in [-0.2, 0) is 4.74 Å². The molecule has 0 bridgehead atoms. The maximum absolute atomic E-state index is 14.3. The molecule has 1 aliphatic rings. The van der Waals surface area contributed by atoms with Gasteiger partial charge in [-0.3, -0.25) is 10.4 Å². The first kappa shape index (κ1) is 20.3. The van der Waals surface area contributed by atoms with Gasteiger partial charge in [0.15, 0.2) is 0 Å². The molecule has 28 heavy (non-hydrogen) atoms. The van der Waals surface area contributed by atoms with Gasteiger partial charge in [0, 0.05) is 23.1 Å². The number of aliphatic imine (C=N–C) groups is 2. The number of hydrazone groups is 1. The maximum Gasteiger partial charge on any atom is 0.144 e. The Morgan fingerprint density at radius 3 is 2.79 bits per heavy atom. The zero-order valence-electron chi connectivity index (χ0n) is 15.3. The molecule has 1 N–H and O–H groups in total. The molecule has 0 aliphatic carbocycles. The number of hydrogen-bond acceptors (Lipinski definition) is 5. The van der Waals surface area contributed by atoms with Gasteiger partial charge in [0.1, 0.15) is 17.5 Å². The Morgan fingerprint density at radius 2 is 2.04 bits per heavy atom. The maximum atomic E-state index is 14.3. The van der Waals surface area contributed by atoms with Crippen LogP contribution in [0.3, 0.4) is 0 Å². The summed E-state index contributed by atoms with van der Waals surface area (Å²) in [5, 5.41) is 4.84. The Kier molecular flexibility index (Phi) is 7.00. The molecule has 0 spiro atoms. The van der Waals surface area contributed by atoms with Gasteiger partial charge in [0.2, 0.25) is 0 Å². The van der Waals surface area contributed by atoms with E-state index in [-0.39, 0.29) is 6.54 Å². The van der Waals surface area contributed by atoms with Crippen molar-refractivity contribution in [2.24, 2.45) is 15.1 Å². The van der Waals surface area contributed by atoms with Crippen LogP contribution in [0.25, 0.3) is 0 Å². The van der Waals surface area contributed by atoms with E-state index >= 15 is 0 Å². The summed E-state index contributed by atoms with van der Waals surface area (Å²) in [5.74, 6) is -0.399. The molecule has 0 amide bonds. The van der Waals surface area contributed by atoms with E-state index in [1.807, 2.05) is 6.92 Å². The Hall–Kier alpha value is -2.45. The highest BCUT2D eigenvalue weighted by molar-refractivity contribution is 9.09. The zero-order chi connectivity index (χ0) is 19.9. The normalized spacial score (nSPS) is 14.1. The lowest BCUT2D eigenvalue weighted by molar-refractivity contribution is 0.187. The van der Waals surface area contributed by atoms with E-state index in [2.05, 4.69) is 36.4 Å². The first-order chi connectivity index (χ1) is 13.6. The summed E-state index contributed by atoms with van der Waals surface area (Å²) in [7, 11) is 0. The molecule has 8 heteroatoms. The van der Waals surface area contributed by atoms with E-state index in [1.165, 1.54) is 18.2 Å². The lowest BCUT2D eigenvalue weighted by atomic mass is 10.00. The van der Waals surface area contributed by atoms with Gasteiger partial charge in [0.05, 0.1) is 30.3 Å². The molecule has 3 rings (SSSR count). The number of nitrogens with one attached hydrogen (secondary N) is 1. The van der Waals surface area contributed by atoms with Crippen LogP contribution >= 0.6 is 15.9 Å². The second-order valence-electron chi connectivity index (χ2n) is 5.93. The van der Waals surface area contributed by atoms with E-state index < -0.39 is 11.6 Å². The number of benzene rings is 2. The molecule has 5 nitrogen and oxygen atoms in total. The summed E-state index contributed by atoms with van der Waals surface area (Å²) in [4.78, 5) is 9.00. The number of rotatable bonds is 6. The van der Waals surface area contributed by atoms with Gasteiger partial charge in [-0.05, 0) is 37.3 Å². The first-order valence-electron chi connectivity index (χ1n) is 8.74. The third-order valence-electron chi connectivity index (χ3n) is 3.96. The van der Waals surface area contributed by atoms with Crippen LogP contribution in [0.1, 0.15) is 18.1 Å². The Balaban J connectivity index is 1.96. The van der Waals surface area contributed by atoms with Crippen LogP contribution in [0, 0.1) is 11.6 Å². The van der Waals surface area contributed by atoms with Gasteiger partial charge in [0.25, 0.3) is 0 Å². The second kappa shape index (κ2) is 9.66. The van der Waals surface area contributed by atoms with Gasteiger partial charge in [-0.2, -0.15) is 5.10 Å². The summed E-state index contributed by atoms with van der Waals surface area (Å²) in [6.45, 7) is 3.02. The lowest BCUT2D eigenvalue weighted by Gasteiger charge is -2.09. The van der Waals surface area contributed by atoms with Crippen molar-refractivity contribution in [3.63, 3.8) is 0 Å². The van der Waals surface area contributed by atoms with Crippen molar-refractivity contribution in [2.75, 3.05) is 25.1 Å². The Labute approximate surface area is 170 Å². The second-order valence-corrected chi connectivity index (χ2v) is 6.49. The van der Waals surface area contributed by atoms with Crippen LogP contribution in [-0.4, -0.2) is 42.3 Å². The SMILES string of the molecule is CCOC/C(CBr)=N\NC1=Nc2ccc(F)cc2C(c2ccccc2F)=NC1. The van der Waals surface area contributed by atoms with Gasteiger partial charge >= 0.3 is 0 Å². The van der Waals surface area contributed by atoms with E-state index in [0.717, 1.165) is 5.71 Å². The molecule has 0 aromatic heterocycles. The highest BCUT2D eigenvalue weighted by Gasteiger charge is 2.19. The smallest absolute Gasteiger partial charge is 0.144 e. The summed E-state index contributed by atoms with van der Waals surface area (Å²) in [6, 6.07) is 10.4.